The monoisotopic (exact) mass is 393 g/mol. The Morgan fingerprint density at radius 3 is 2.83 bits per heavy atom. The number of carbonyl (C=O) groups excluding carboxylic acids is 1. The largest absolute Gasteiger partial charge is 0.492 e. The van der Waals surface area contributed by atoms with Crippen molar-refractivity contribution in [2.24, 2.45) is 11.7 Å². The Bertz CT molecular complexity index is 867. The van der Waals surface area contributed by atoms with E-state index in [0.29, 0.717) is 6.61 Å². The average molecular weight is 394 g/mol. The molecule has 0 bridgehead atoms. The molecule has 1 amide bonds. The first-order chi connectivity index (χ1) is 14.1. The van der Waals surface area contributed by atoms with E-state index >= 15 is 0 Å². The summed E-state index contributed by atoms with van der Waals surface area (Å²) in [6.45, 7) is 8.28. The number of hydrogen-bond donors (Lipinski definition) is 1. The molecule has 2 N–H and O–H groups in total. The molecule has 1 saturated heterocycles. The molecule has 2 aromatic rings. The van der Waals surface area contributed by atoms with Gasteiger partial charge in [0.2, 0.25) is 5.91 Å². The molecular formula is C24H31N3O2. The molecule has 29 heavy (non-hydrogen) atoms. The number of nitrogens with zero attached hydrogens (tertiary/aromatic N) is 2. The van der Waals surface area contributed by atoms with Gasteiger partial charge >= 0.3 is 0 Å². The molecule has 4 rings (SSSR count). The number of carbonyl (C=O) groups is 1. The van der Waals surface area contributed by atoms with Crippen LogP contribution in [-0.2, 0) is 24.4 Å². The SMILES string of the molecule is Cc1ccccc1CN1CCOc2ccc(CN3CCCC(C(N)=O)C3)cc2C1. The minimum absolute atomic E-state index is 0.0162. The summed E-state index contributed by atoms with van der Waals surface area (Å²) in [7, 11) is 0. The first kappa shape index (κ1) is 19.9. The normalized spacial score (nSPS) is 20.5. The summed E-state index contributed by atoms with van der Waals surface area (Å²) in [4.78, 5) is 16.4. The average Bonchev–Trinajstić information content (AvgIpc) is 2.91. The second-order valence-electron chi connectivity index (χ2n) is 8.40. The van der Waals surface area contributed by atoms with Crippen LogP contribution in [0.1, 0.15) is 35.1 Å². The standard InChI is InChI=1S/C24H31N3O2/c1-18-5-2-3-6-20(18)15-27-11-12-29-23-9-8-19(13-22(23)17-27)14-26-10-4-7-21(16-26)24(25)28/h2-3,5-6,8-9,13,21H,4,7,10-12,14-17H2,1H3,(H2,25,28). The van der Waals surface area contributed by atoms with Gasteiger partial charge in [0.25, 0.3) is 0 Å². The van der Waals surface area contributed by atoms with E-state index in [4.69, 9.17) is 10.5 Å². The number of fused-ring (bicyclic) bond motifs is 1. The maximum Gasteiger partial charge on any atom is 0.221 e. The van der Waals surface area contributed by atoms with Crippen molar-refractivity contribution in [3.05, 3.63) is 64.7 Å². The smallest absolute Gasteiger partial charge is 0.221 e. The molecule has 5 nitrogen and oxygen atoms in total. The van der Waals surface area contributed by atoms with Gasteiger partial charge in [0, 0.05) is 38.3 Å². The number of hydrogen-bond acceptors (Lipinski definition) is 4. The van der Waals surface area contributed by atoms with Crippen molar-refractivity contribution < 1.29 is 9.53 Å². The molecular weight excluding hydrogens is 362 g/mol. The van der Waals surface area contributed by atoms with Gasteiger partial charge in [-0.1, -0.05) is 30.3 Å². The van der Waals surface area contributed by atoms with Gasteiger partial charge in [-0.3, -0.25) is 14.6 Å². The first-order valence-corrected chi connectivity index (χ1v) is 10.6. The molecule has 0 aliphatic carbocycles. The van der Waals surface area contributed by atoms with E-state index < -0.39 is 0 Å². The lowest BCUT2D eigenvalue weighted by atomic mass is 9.97. The topological polar surface area (TPSA) is 58.8 Å². The van der Waals surface area contributed by atoms with Crippen molar-refractivity contribution in [2.75, 3.05) is 26.2 Å². The van der Waals surface area contributed by atoms with Crippen LogP contribution in [0, 0.1) is 12.8 Å². The molecule has 0 spiro atoms. The number of primary amides is 1. The van der Waals surface area contributed by atoms with Gasteiger partial charge in [-0.05, 0) is 55.1 Å². The highest BCUT2D eigenvalue weighted by Gasteiger charge is 2.24. The number of benzene rings is 2. The van der Waals surface area contributed by atoms with Crippen LogP contribution in [0.5, 0.6) is 5.75 Å². The van der Waals surface area contributed by atoms with Crippen molar-refractivity contribution in [3.63, 3.8) is 0 Å². The zero-order valence-corrected chi connectivity index (χ0v) is 17.3. The predicted molar refractivity (Wildman–Crippen MR) is 114 cm³/mol. The van der Waals surface area contributed by atoms with Crippen molar-refractivity contribution in [1.82, 2.24) is 9.80 Å². The Hall–Kier alpha value is -2.37. The van der Waals surface area contributed by atoms with E-state index in [2.05, 4.69) is 59.2 Å². The van der Waals surface area contributed by atoms with Gasteiger partial charge in [0.1, 0.15) is 12.4 Å². The summed E-state index contributed by atoms with van der Waals surface area (Å²) in [6.07, 6.45) is 1.95. The van der Waals surface area contributed by atoms with E-state index in [0.717, 1.165) is 57.9 Å². The number of amides is 1. The summed E-state index contributed by atoms with van der Waals surface area (Å²) in [5.41, 5.74) is 10.8. The molecule has 2 aliphatic heterocycles. The minimum Gasteiger partial charge on any atom is -0.492 e. The van der Waals surface area contributed by atoms with Crippen LogP contribution in [0.2, 0.25) is 0 Å². The van der Waals surface area contributed by atoms with Crippen LogP contribution < -0.4 is 10.5 Å². The second kappa shape index (κ2) is 8.97. The molecule has 0 aromatic heterocycles. The zero-order valence-electron chi connectivity index (χ0n) is 17.3. The molecule has 2 heterocycles. The van der Waals surface area contributed by atoms with E-state index in [1.807, 2.05) is 0 Å². The molecule has 0 radical (unpaired) electrons. The van der Waals surface area contributed by atoms with Crippen LogP contribution in [0.25, 0.3) is 0 Å². The van der Waals surface area contributed by atoms with Crippen molar-refractivity contribution in [1.29, 1.82) is 0 Å². The van der Waals surface area contributed by atoms with Crippen LogP contribution in [-0.4, -0.2) is 41.9 Å². The highest BCUT2D eigenvalue weighted by Crippen LogP contribution is 2.27. The summed E-state index contributed by atoms with van der Waals surface area (Å²) in [5.74, 6) is 0.809. The van der Waals surface area contributed by atoms with Gasteiger partial charge < -0.3 is 10.5 Å². The molecule has 154 valence electrons. The molecule has 2 aromatic carbocycles. The van der Waals surface area contributed by atoms with Crippen molar-refractivity contribution in [2.45, 2.75) is 39.4 Å². The van der Waals surface area contributed by atoms with E-state index in [9.17, 15) is 4.79 Å². The first-order valence-electron chi connectivity index (χ1n) is 10.6. The van der Waals surface area contributed by atoms with E-state index in [-0.39, 0.29) is 11.8 Å². The van der Waals surface area contributed by atoms with Gasteiger partial charge in [-0.2, -0.15) is 0 Å². The van der Waals surface area contributed by atoms with Gasteiger partial charge in [0.05, 0.1) is 5.92 Å². The number of nitrogens with two attached hydrogens (primary N) is 1. The molecule has 1 fully saturated rings. The third-order valence-electron chi connectivity index (χ3n) is 6.15. The number of rotatable bonds is 5. The summed E-state index contributed by atoms with van der Waals surface area (Å²) in [5, 5.41) is 0. The third-order valence-corrected chi connectivity index (χ3v) is 6.15. The fourth-order valence-electron chi connectivity index (χ4n) is 4.45. The minimum atomic E-state index is -0.170. The Morgan fingerprint density at radius 1 is 1.14 bits per heavy atom. The lowest BCUT2D eigenvalue weighted by Crippen LogP contribution is -2.40. The third kappa shape index (κ3) is 4.98. The molecule has 1 atom stereocenters. The van der Waals surface area contributed by atoms with Gasteiger partial charge in [0.15, 0.2) is 0 Å². The molecule has 1 unspecified atom stereocenters. The fraction of sp³-hybridized carbons (Fsp3) is 0.458. The molecule has 0 saturated carbocycles. The Kier molecular flexibility index (Phi) is 6.16. The quantitative estimate of drug-likeness (QED) is 0.848. The molecule has 2 aliphatic rings. The predicted octanol–water partition coefficient (Wildman–Crippen LogP) is 3.09. The van der Waals surface area contributed by atoms with Crippen LogP contribution in [0.4, 0.5) is 0 Å². The van der Waals surface area contributed by atoms with E-state index in [1.165, 1.54) is 22.3 Å². The Morgan fingerprint density at radius 2 is 2.00 bits per heavy atom. The van der Waals surface area contributed by atoms with Crippen LogP contribution >= 0.6 is 0 Å². The zero-order chi connectivity index (χ0) is 20.2. The Labute approximate surface area is 173 Å². The highest BCUT2D eigenvalue weighted by molar-refractivity contribution is 5.76. The summed E-state index contributed by atoms with van der Waals surface area (Å²) < 4.78 is 6.02. The lowest BCUT2D eigenvalue weighted by molar-refractivity contribution is -0.123. The Balaban J connectivity index is 1.45. The van der Waals surface area contributed by atoms with Crippen LogP contribution in [0.15, 0.2) is 42.5 Å². The fourth-order valence-corrected chi connectivity index (χ4v) is 4.45. The van der Waals surface area contributed by atoms with Crippen molar-refractivity contribution in [3.8, 4) is 5.75 Å². The summed E-state index contributed by atoms with van der Waals surface area (Å²) in [6, 6.07) is 15.1. The maximum atomic E-state index is 11.6. The van der Waals surface area contributed by atoms with Gasteiger partial charge in [-0.25, -0.2) is 0 Å². The second-order valence-corrected chi connectivity index (χ2v) is 8.40. The van der Waals surface area contributed by atoms with E-state index in [1.54, 1.807) is 0 Å². The van der Waals surface area contributed by atoms with Gasteiger partial charge in [-0.15, -0.1) is 0 Å². The number of aryl methyl sites for hydroxylation is 1. The maximum absolute atomic E-state index is 11.6. The summed E-state index contributed by atoms with van der Waals surface area (Å²) >= 11 is 0. The highest BCUT2D eigenvalue weighted by atomic mass is 16.5. The van der Waals surface area contributed by atoms with Crippen LogP contribution in [0.3, 0.4) is 0 Å². The number of ether oxygens (including phenoxy) is 1. The lowest BCUT2D eigenvalue weighted by Gasteiger charge is -2.31. The molecule has 5 heteroatoms. The number of piperidine rings is 1. The van der Waals surface area contributed by atoms with Crippen molar-refractivity contribution >= 4 is 5.91 Å². The number of likely N-dealkylation sites (tertiary alicyclic amines) is 1.